The molecule has 5 aromatic rings. The zero-order valence-electron chi connectivity index (χ0n) is 16.6. The van der Waals surface area contributed by atoms with Crippen LogP contribution in [0, 0.1) is 0 Å². The van der Waals surface area contributed by atoms with Gasteiger partial charge in [-0.25, -0.2) is 9.97 Å². The molecule has 3 aromatic carbocycles. The SMILES string of the molecule is Cn1c(-c2ccccc2)nc2[nH]c(C=C3C(=O)c4cc5ccccc5cc4C3=O)nc21. The third kappa shape index (κ3) is 2.58. The number of rotatable bonds is 2. The van der Waals surface area contributed by atoms with Crippen LogP contribution in [0.4, 0.5) is 0 Å². The van der Waals surface area contributed by atoms with Crippen LogP contribution in [0.15, 0.2) is 72.3 Å². The Labute approximate surface area is 176 Å². The Kier molecular flexibility index (Phi) is 3.58. The summed E-state index contributed by atoms with van der Waals surface area (Å²) in [6, 6.07) is 21.1. The van der Waals surface area contributed by atoms with Crippen LogP contribution in [0.2, 0.25) is 0 Å². The number of hydrogen-bond donors (Lipinski definition) is 1. The molecule has 0 unspecified atom stereocenters. The molecule has 0 saturated heterocycles. The van der Waals surface area contributed by atoms with E-state index in [1.807, 2.05) is 66.2 Å². The first kappa shape index (κ1) is 17.5. The number of nitrogens with zero attached hydrogens (tertiary/aromatic N) is 3. The number of ketones is 2. The van der Waals surface area contributed by atoms with Gasteiger partial charge in [-0.15, -0.1) is 0 Å². The van der Waals surface area contributed by atoms with E-state index in [9.17, 15) is 9.59 Å². The molecule has 148 valence electrons. The number of allylic oxidation sites excluding steroid dienone is 1. The molecule has 0 aliphatic heterocycles. The van der Waals surface area contributed by atoms with Gasteiger partial charge in [0.2, 0.25) is 0 Å². The van der Waals surface area contributed by atoms with Crippen LogP contribution in [0.5, 0.6) is 0 Å². The number of Topliss-reactive ketones (excluding diaryl/α,β-unsaturated/α-hetero) is 2. The summed E-state index contributed by atoms with van der Waals surface area (Å²) in [6.07, 6.45) is 1.53. The predicted octanol–water partition coefficient (Wildman–Crippen LogP) is 4.58. The number of carbonyl (C=O) groups is 2. The highest BCUT2D eigenvalue weighted by atomic mass is 16.2. The fourth-order valence-electron chi connectivity index (χ4n) is 4.16. The van der Waals surface area contributed by atoms with E-state index in [0.29, 0.717) is 28.2 Å². The summed E-state index contributed by atoms with van der Waals surface area (Å²) in [5.41, 5.74) is 3.25. The molecular formula is C25H16N4O2. The van der Waals surface area contributed by atoms with Gasteiger partial charge < -0.3 is 9.55 Å². The van der Waals surface area contributed by atoms with Crippen molar-refractivity contribution in [2.45, 2.75) is 0 Å². The normalized spacial score (nSPS) is 13.4. The van der Waals surface area contributed by atoms with Crippen LogP contribution >= 0.6 is 0 Å². The maximum atomic E-state index is 13.0. The molecule has 6 heteroatoms. The third-order valence-electron chi connectivity index (χ3n) is 5.72. The minimum absolute atomic E-state index is 0.118. The highest BCUT2D eigenvalue weighted by Gasteiger charge is 2.33. The molecule has 6 nitrogen and oxygen atoms in total. The van der Waals surface area contributed by atoms with Crippen molar-refractivity contribution in [1.29, 1.82) is 0 Å². The molecule has 31 heavy (non-hydrogen) atoms. The van der Waals surface area contributed by atoms with Crippen molar-refractivity contribution < 1.29 is 9.59 Å². The zero-order valence-corrected chi connectivity index (χ0v) is 16.6. The predicted molar refractivity (Wildman–Crippen MR) is 119 cm³/mol. The summed E-state index contributed by atoms with van der Waals surface area (Å²) >= 11 is 0. The van der Waals surface area contributed by atoms with Crippen molar-refractivity contribution >= 4 is 39.7 Å². The van der Waals surface area contributed by atoms with Crippen LogP contribution in [0.25, 0.3) is 39.5 Å². The van der Waals surface area contributed by atoms with Gasteiger partial charge in [0, 0.05) is 23.7 Å². The molecule has 1 aliphatic carbocycles. The Bertz CT molecular complexity index is 1520. The summed E-state index contributed by atoms with van der Waals surface area (Å²) in [5.74, 6) is 0.677. The molecule has 0 fully saturated rings. The first-order valence-electron chi connectivity index (χ1n) is 9.92. The average Bonchev–Trinajstić information content (AvgIpc) is 3.41. The van der Waals surface area contributed by atoms with Crippen molar-refractivity contribution in [3.05, 3.63) is 89.3 Å². The van der Waals surface area contributed by atoms with Crippen LogP contribution in [-0.4, -0.2) is 31.1 Å². The molecule has 0 bridgehead atoms. The molecule has 0 amide bonds. The van der Waals surface area contributed by atoms with Crippen molar-refractivity contribution in [2.75, 3.05) is 0 Å². The van der Waals surface area contributed by atoms with E-state index in [1.165, 1.54) is 6.08 Å². The van der Waals surface area contributed by atoms with Gasteiger partial charge in [-0.05, 0) is 29.0 Å². The van der Waals surface area contributed by atoms with Crippen LogP contribution < -0.4 is 0 Å². The largest absolute Gasteiger partial charge is 0.322 e. The lowest BCUT2D eigenvalue weighted by atomic mass is 10.0. The Hall–Kier alpha value is -4.32. The van der Waals surface area contributed by atoms with Gasteiger partial charge in [0.25, 0.3) is 0 Å². The molecule has 0 saturated carbocycles. The summed E-state index contributed by atoms with van der Waals surface area (Å²) in [4.78, 5) is 38.3. The summed E-state index contributed by atoms with van der Waals surface area (Å²) in [6.45, 7) is 0. The van der Waals surface area contributed by atoms with Gasteiger partial charge in [0.15, 0.2) is 22.9 Å². The van der Waals surface area contributed by atoms with Crippen LogP contribution in [0.1, 0.15) is 26.5 Å². The summed E-state index contributed by atoms with van der Waals surface area (Å²) in [7, 11) is 1.89. The van der Waals surface area contributed by atoms with Gasteiger partial charge in [-0.3, -0.25) is 9.59 Å². The van der Waals surface area contributed by atoms with E-state index in [2.05, 4.69) is 15.0 Å². The van der Waals surface area contributed by atoms with Gasteiger partial charge in [-0.2, -0.15) is 0 Å². The number of aryl methyl sites for hydroxylation is 1. The molecule has 1 aliphatic rings. The van der Waals surface area contributed by atoms with E-state index in [0.717, 1.165) is 22.2 Å². The van der Waals surface area contributed by atoms with Crippen LogP contribution in [-0.2, 0) is 7.05 Å². The second-order valence-electron chi connectivity index (χ2n) is 7.62. The Morgan fingerprint density at radius 1 is 0.839 bits per heavy atom. The zero-order chi connectivity index (χ0) is 21.1. The average molecular weight is 404 g/mol. The minimum Gasteiger partial charge on any atom is -0.322 e. The number of benzene rings is 3. The second kappa shape index (κ2) is 6.34. The fraction of sp³-hybridized carbons (Fsp3) is 0.0400. The molecule has 1 N–H and O–H groups in total. The fourth-order valence-corrected chi connectivity index (χ4v) is 4.16. The van der Waals surface area contributed by atoms with Crippen LogP contribution in [0.3, 0.4) is 0 Å². The third-order valence-corrected chi connectivity index (χ3v) is 5.72. The summed E-state index contributed by atoms with van der Waals surface area (Å²) in [5, 5.41) is 1.87. The number of nitrogens with one attached hydrogen (secondary N) is 1. The smallest absolute Gasteiger partial charge is 0.197 e. The van der Waals surface area contributed by atoms with Gasteiger partial charge in [0.1, 0.15) is 11.6 Å². The number of H-pyrrole nitrogens is 1. The highest BCUT2D eigenvalue weighted by Crippen LogP contribution is 2.31. The number of hydrogen-bond acceptors (Lipinski definition) is 4. The minimum atomic E-state index is -0.274. The molecule has 2 aromatic heterocycles. The molecular weight excluding hydrogens is 388 g/mol. The molecule has 6 rings (SSSR count). The van der Waals surface area contributed by atoms with E-state index >= 15 is 0 Å². The van der Waals surface area contributed by atoms with Crippen molar-refractivity contribution in [3.8, 4) is 11.4 Å². The van der Waals surface area contributed by atoms with E-state index in [4.69, 9.17) is 0 Å². The molecule has 0 atom stereocenters. The summed E-state index contributed by atoms with van der Waals surface area (Å²) < 4.78 is 1.89. The van der Waals surface area contributed by atoms with Crippen molar-refractivity contribution in [2.24, 2.45) is 7.05 Å². The lowest BCUT2D eigenvalue weighted by Crippen LogP contribution is -2.01. The van der Waals surface area contributed by atoms with Crippen molar-refractivity contribution in [1.82, 2.24) is 19.5 Å². The van der Waals surface area contributed by atoms with Gasteiger partial charge >= 0.3 is 0 Å². The quantitative estimate of drug-likeness (QED) is 0.345. The molecule has 0 spiro atoms. The van der Waals surface area contributed by atoms with E-state index in [-0.39, 0.29) is 17.1 Å². The maximum absolute atomic E-state index is 13.0. The highest BCUT2D eigenvalue weighted by molar-refractivity contribution is 6.42. The molecule has 2 heterocycles. The number of carbonyl (C=O) groups excluding carboxylic acids is 2. The van der Waals surface area contributed by atoms with Gasteiger partial charge in [-0.1, -0.05) is 54.6 Å². The first-order chi connectivity index (χ1) is 15.1. The number of fused-ring (bicyclic) bond motifs is 3. The first-order valence-corrected chi connectivity index (χ1v) is 9.92. The van der Waals surface area contributed by atoms with Crippen molar-refractivity contribution in [3.63, 3.8) is 0 Å². The second-order valence-corrected chi connectivity index (χ2v) is 7.62. The number of aromatic nitrogens is 4. The number of aromatic amines is 1. The number of imidazole rings is 2. The topological polar surface area (TPSA) is 80.6 Å². The monoisotopic (exact) mass is 404 g/mol. The maximum Gasteiger partial charge on any atom is 0.197 e. The standard InChI is InChI=1S/C25H16N4O2/c1-29-24(14-7-3-2-4-8-14)28-23-25(29)27-20(26-23)13-19-21(30)17-11-15-9-5-6-10-16(15)12-18(17)22(19)31/h2-13H,1H3,(H,26,27). The van der Waals surface area contributed by atoms with E-state index in [1.54, 1.807) is 12.1 Å². The lowest BCUT2D eigenvalue weighted by molar-refractivity contribution is 0.0990. The Morgan fingerprint density at radius 2 is 1.45 bits per heavy atom. The lowest BCUT2D eigenvalue weighted by Gasteiger charge is -2.00. The van der Waals surface area contributed by atoms with E-state index < -0.39 is 0 Å². The Balaban J connectivity index is 1.42. The Morgan fingerprint density at radius 3 is 2.06 bits per heavy atom. The molecule has 0 radical (unpaired) electrons. The van der Waals surface area contributed by atoms with Gasteiger partial charge in [0.05, 0.1) is 5.57 Å².